The third-order valence-electron chi connectivity index (χ3n) is 5.63. The molecule has 2 aromatic carbocycles. The largest absolute Gasteiger partial charge is 0.341 e. The molecular formula is C27H36F2N6. The van der Waals surface area contributed by atoms with Crippen molar-refractivity contribution in [3.8, 4) is 0 Å². The standard InChI is InChI=1S/C27H36F2N6/c1-3-5-7-9-17-35(18-10-8-6-4-2)27-33-25(30-23-15-11-13-21(28)19-23)32-26(34-27)31-24-16-12-14-22(29)20-24/h11-16,19-20H,3-10,17-18H2,1-2H3,(H2,30,31,32,33,34). The topological polar surface area (TPSA) is 66.0 Å². The van der Waals surface area contributed by atoms with Crippen LogP contribution in [0.5, 0.6) is 0 Å². The van der Waals surface area contributed by atoms with Crippen LogP contribution in [-0.4, -0.2) is 28.0 Å². The van der Waals surface area contributed by atoms with E-state index in [-0.39, 0.29) is 11.6 Å². The number of hydrogen-bond acceptors (Lipinski definition) is 6. The van der Waals surface area contributed by atoms with Crippen LogP contribution in [-0.2, 0) is 0 Å². The highest BCUT2D eigenvalue weighted by Gasteiger charge is 2.15. The molecule has 0 saturated heterocycles. The molecule has 0 unspecified atom stereocenters. The minimum atomic E-state index is -0.351. The van der Waals surface area contributed by atoms with Crippen molar-refractivity contribution in [2.75, 3.05) is 28.6 Å². The van der Waals surface area contributed by atoms with Crippen LogP contribution in [0.15, 0.2) is 48.5 Å². The van der Waals surface area contributed by atoms with E-state index in [4.69, 9.17) is 0 Å². The fourth-order valence-electron chi connectivity index (χ4n) is 3.78. The van der Waals surface area contributed by atoms with E-state index >= 15 is 0 Å². The van der Waals surface area contributed by atoms with E-state index in [2.05, 4.69) is 44.3 Å². The Balaban J connectivity index is 1.89. The molecule has 3 rings (SSSR count). The molecule has 0 saturated carbocycles. The summed E-state index contributed by atoms with van der Waals surface area (Å²) >= 11 is 0. The second-order valence-electron chi connectivity index (χ2n) is 8.66. The number of hydrogen-bond donors (Lipinski definition) is 2. The summed E-state index contributed by atoms with van der Waals surface area (Å²) < 4.78 is 27.5. The van der Waals surface area contributed by atoms with Crippen LogP contribution in [0.25, 0.3) is 0 Å². The van der Waals surface area contributed by atoms with Gasteiger partial charge in [-0.1, -0.05) is 64.5 Å². The molecule has 0 fully saturated rings. The Hall–Kier alpha value is -3.29. The van der Waals surface area contributed by atoms with Crippen LogP contribution in [0.4, 0.5) is 38.0 Å². The maximum atomic E-state index is 13.7. The average Bonchev–Trinajstić information content (AvgIpc) is 2.83. The summed E-state index contributed by atoms with van der Waals surface area (Å²) in [4.78, 5) is 16.0. The van der Waals surface area contributed by atoms with Gasteiger partial charge in [0.2, 0.25) is 17.8 Å². The summed E-state index contributed by atoms with van der Waals surface area (Å²) in [6.07, 6.45) is 9.13. The van der Waals surface area contributed by atoms with E-state index in [0.29, 0.717) is 29.2 Å². The van der Waals surface area contributed by atoms with E-state index in [1.54, 1.807) is 24.3 Å². The van der Waals surface area contributed by atoms with Crippen molar-refractivity contribution in [3.05, 3.63) is 60.2 Å². The molecule has 35 heavy (non-hydrogen) atoms. The second kappa shape index (κ2) is 14.2. The molecule has 0 atom stereocenters. The lowest BCUT2D eigenvalue weighted by atomic mass is 10.2. The van der Waals surface area contributed by atoms with Gasteiger partial charge in [0.15, 0.2) is 0 Å². The van der Waals surface area contributed by atoms with E-state index in [1.165, 1.54) is 49.9 Å². The molecule has 188 valence electrons. The summed E-state index contributed by atoms with van der Waals surface area (Å²) in [5, 5.41) is 6.17. The molecule has 6 nitrogen and oxygen atoms in total. The Bertz CT molecular complexity index is 968. The molecule has 8 heteroatoms. The van der Waals surface area contributed by atoms with Gasteiger partial charge in [0, 0.05) is 24.5 Å². The first-order valence-corrected chi connectivity index (χ1v) is 12.6. The van der Waals surface area contributed by atoms with Gasteiger partial charge in [-0.3, -0.25) is 0 Å². The molecule has 0 spiro atoms. The quantitative estimate of drug-likeness (QED) is 0.217. The van der Waals surface area contributed by atoms with Crippen molar-refractivity contribution in [3.63, 3.8) is 0 Å². The molecule has 1 heterocycles. The van der Waals surface area contributed by atoms with Crippen molar-refractivity contribution in [2.24, 2.45) is 0 Å². The Morgan fingerprint density at radius 1 is 0.657 bits per heavy atom. The van der Waals surface area contributed by atoms with Gasteiger partial charge in [0.1, 0.15) is 11.6 Å². The minimum Gasteiger partial charge on any atom is -0.341 e. The van der Waals surface area contributed by atoms with E-state index < -0.39 is 0 Å². The lowest BCUT2D eigenvalue weighted by molar-refractivity contribution is 0.601. The third-order valence-corrected chi connectivity index (χ3v) is 5.63. The van der Waals surface area contributed by atoms with Gasteiger partial charge < -0.3 is 15.5 Å². The number of nitrogens with one attached hydrogen (secondary N) is 2. The van der Waals surface area contributed by atoms with Crippen LogP contribution in [0.3, 0.4) is 0 Å². The number of unbranched alkanes of at least 4 members (excludes halogenated alkanes) is 6. The van der Waals surface area contributed by atoms with E-state index in [0.717, 1.165) is 38.8 Å². The summed E-state index contributed by atoms with van der Waals surface area (Å²) in [5.41, 5.74) is 1.08. The monoisotopic (exact) mass is 482 g/mol. The second-order valence-corrected chi connectivity index (χ2v) is 8.66. The predicted octanol–water partition coefficient (Wildman–Crippen LogP) is 7.60. The lowest BCUT2D eigenvalue weighted by Gasteiger charge is -2.23. The zero-order valence-corrected chi connectivity index (χ0v) is 20.7. The fourth-order valence-corrected chi connectivity index (χ4v) is 3.78. The smallest absolute Gasteiger partial charge is 0.233 e. The fraction of sp³-hybridized carbons (Fsp3) is 0.444. The maximum absolute atomic E-state index is 13.7. The molecule has 0 radical (unpaired) electrons. The Kier molecular flexibility index (Phi) is 10.7. The molecule has 0 aliphatic rings. The lowest BCUT2D eigenvalue weighted by Crippen LogP contribution is -2.28. The number of aromatic nitrogens is 3. The van der Waals surface area contributed by atoms with Crippen molar-refractivity contribution >= 4 is 29.2 Å². The molecule has 3 aromatic rings. The van der Waals surface area contributed by atoms with E-state index in [1.807, 2.05) is 0 Å². The van der Waals surface area contributed by atoms with Gasteiger partial charge in [0.25, 0.3) is 0 Å². The Morgan fingerprint density at radius 3 is 1.57 bits per heavy atom. The Labute approximate surface area is 207 Å². The van der Waals surface area contributed by atoms with Crippen LogP contribution in [0.2, 0.25) is 0 Å². The third kappa shape index (κ3) is 9.11. The molecular weight excluding hydrogens is 446 g/mol. The SMILES string of the molecule is CCCCCCN(CCCCCC)c1nc(Nc2cccc(F)c2)nc(Nc2cccc(F)c2)n1. The number of anilines is 5. The van der Waals surface area contributed by atoms with Gasteiger partial charge in [-0.2, -0.15) is 15.0 Å². The van der Waals surface area contributed by atoms with Gasteiger partial charge in [-0.05, 0) is 49.2 Å². The number of benzene rings is 2. The summed E-state index contributed by atoms with van der Waals surface area (Å²) in [5.74, 6) is 0.441. The van der Waals surface area contributed by atoms with Crippen LogP contribution in [0, 0.1) is 11.6 Å². The molecule has 2 N–H and O–H groups in total. The molecule has 0 aliphatic heterocycles. The number of halogens is 2. The van der Waals surface area contributed by atoms with E-state index in [9.17, 15) is 8.78 Å². The van der Waals surface area contributed by atoms with Crippen LogP contribution < -0.4 is 15.5 Å². The van der Waals surface area contributed by atoms with Crippen molar-refractivity contribution in [1.82, 2.24) is 15.0 Å². The predicted molar refractivity (Wildman–Crippen MR) is 140 cm³/mol. The average molecular weight is 483 g/mol. The molecule has 0 bridgehead atoms. The van der Waals surface area contributed by atoms with Gasteiger partial charge >= 0.3 is 0 Å². The van der Waals surface area contributed by atoms with Crippen molar-refractivity contribution in [2.45, 2.75) is 65.2 Å². The molecule has 0 amide bonds. The minimum absolute atomic E-state index is 0.298. The first kappa shape index (κ1) is 26.3. The first-order chi connectivity index (χ1) is 17.1. The highest BCUT2D eigenvalue weighted by molar-refractivity contribution is 5.59. The highest BCUT2D eigenvalue weighted by Crippen LogP contribution is 2.22. The molecule has 1 aromatic heterocycles. The van der Waals surface area contributed by atoms with Crippen LogP contribution >= 0.6 is 0 Å². The highest BCUT2D eigenvalue weighted by atomic mass is 19.1. The van der Waals surface area contributed by atoms with Gasteiger partial charge in [-0.15, -0.1) is 0 Å². The summed E-state index contributed by atoms with van der Waals surface area (Å²) in [6, 6.07) is 12.3. The van der Waals surface area contributed by atoms with Gasteiger partial charge in [-0.25, -0.2) is 8.78 Å². The Morgan fingerprint density at radius 2 is 1.14 bits per heavy atom. The van der Waals surface area contributed by atoms with Crippen molar-refractivity contribution in [1.29, 1.82) is 0 Å². The summed E-state index contributed by atoms with van der Waals surface area (Å²) in [6.45, 7) is 6.08. The zero-order chi connectivity index (χ0) is 24.9. The maximum Gasteiger partial charge on any atom is 0.233 e. The van der Waals surface area contributed by atoms with Crippen molar-refractivity contribution < 1.29 is 8.78 Å². The number of nitrogens with zero attached hydrogens (tertiary/aromatic N) is 4. The molecule has 0 aliphatic carbocycles. The normalized spacial score (nSPS) is 10.9. The first-order valence-electron chi connectivity index (χ1n) is 12.6. The zero-order valence-electron chi connectivity index (χ0n) is 20.7. The van der Waals surface area contributed by atoms with Crippen LogP contribution in [0.1, 0.15) is 65.2 Å². The number of rotatable bonds is 15. The van der Waals surface area contributed by atoms with Gasteiger partial charge in [0.05, 0.1) is 0 Å². The summed E-state index contributed by atoms with van der Waals surface area (Å²) in [7, 11) is 0.